The quantitative estimate of drug-likeness (QED) is 0.712. The molecule has 0 aliphatic heterocycles. The molecule has 0 unspecified atom stereocenters. The van der Waals surface area contributed by atoms with E-state index in [1.807, 2.05) is 18.2 Å². The lowest BCUT2D eigenvalue weighted by atomic mass is 9.51. The number of rotatable bonds is 2. The van der Waals surface area contributed by atoms with Gasteiger partial charge in [-0.25, -0.2) is 0 Å². The predicted octanol–water partition coefficient (Wildman–Crippen LogP) is 4.96. The molecule has 4 aliphatic carbocycles. The smallest absolute Gasteiger partial charge is 0.156 e. The largest absolute Gasteiger partial charge is 0.497 e. The van der Waals surface area contributed by atoms with E-state index >= 15 is 0 Å². The number of fused-ring (bicyclic) bond motifs is 4. The van der Waals surface area contributed by atoms with Gasteiger partial charge in [0, 0.05) is 17.8 Å². The van der Waals surface area contributed by atoms with Crippen molar-refractivity contribution in [3.05, 3.63) is 52.6 Å². The van der Waals surface area contributed by atoms with Gasteiger partial charge in [0.1, 0.15) is 11.4 Å². The van der Waals surface area contributed by atoms with E-state index < -0.39 is 5.60 Å². The monoisotopic (exact) mass is 402 g/mol. The third-order valence-corrected chi connectivity index (χ3v) is 8.64. The first-order valence-electron chi connectivity index (χ1n) is 11.2. The van der Waals surface area contributed by atoms with Crippen molar-refractivity contribution in [2.45, 2.75) is 63.4 Å². The van der Waals surface area contributed by atoms with Crippen LogP contribution in [0, 0.1) is 29.6 Å². The lowest BCUT2D eigenvalue weighted by Crippen LogP contribution is -2.50. The second-order valence-corrected chi connectivity index (χ2v) is 9.81. The summed E-state index contributed by atoms with van der Waals surface area (Å²) in [4.78, 5) is 12.1. The second kappa shape index (κ2) is 6.86. The number of ether oxygens (including phenoxy) is 1. The molecule has 0 saturated heterocycles. The van der Waals surface area contributed by atoms with Crippen molar-refractivity contribution < 1.29 is 14.6 Å². The summed E-state index contributed by atoms with van der Waals surface area (Å²) in [5.74, 6) is 4.94. The van der Waals surface area contributed by atoms with E-state index in [2.05, 4.69) is 25.0 Å². The number of methoxy groups -OCH3 is 1. The summed E-state index contributed by atoms with van der Waals surface area (Å²) in [6, 6.07) is 8.37. The second-order valence-electron chi connectivity index (χ2n) is 9.81. The number of hydrogen-bond donors (Lipinski definition) is 1. The topological polar surface area (TPSA) is 46.5 Å². The number of hydrogen-bond acceptors (Lipinski definition) is 3. The molecule has 156 valence electrons. The summed E-state index contributed by atoms with van der Waals surface area (Å²) in [5.41, 5.74) is 4.11. The standard InChI is InChI=1S/C27H30O3/c1-4-27(29)14-13-24-22-11-7-18-15-19(28)8-12-21(18)25(22)23(16-26(24,27)2)17-5-9-20(30-3)10-6-17/h1,5-6,9-10,15,22-24,29H,7-8,11-14,16H2,2-3H3/t22-,23+,24-,26-,27-/m0/s1. The Hall–Kier alpha value is -2.31. The van der Waals surface area contributed by atoms with Gasteiger partial charge in [0.2, 0.25) is 0 Å². The van der Waals surface area contributed by atoms with Crippen molar-refractivity contribution in [3.8, 4) is 18.1 Å². The van der Waals surface area contributed by atoms with Crippen LogP contribution in [0.3, 0.4) is 0 Å². The summed E-state index contributed by atoms with van der Waals surface area (Å²) in [5, 5.41) is 11.4. The van der Waals surface area contributed by atoms with Gasteiger partial charge in [0.05, 0.1) is 7.11 Å². The van der Waals surface area contributed by atoms with Crippen molar-refractivity contribution >= 4 is 5.78 Å². The SMILES string of the molecule is C#C[C@]1(O)CC[C@H]2[C@@H]3CCC4=CC(=O)CCC4=C3[C@@H](c3ccc(OC)cc3)C[C@@]21C. The Morgan fingerprint density at radius 2 is 1.93 bits per heavy atom. The van der Waals surface area contributed by atoms with Gasteiger partial charge >= 0.3 is 0 Å². The molecule has 1 N–H and O–H groups in total. The zero-order valence-corrected chi connectivity index (χ0v) is 17.9. The molecule has 0 amide bonds. The van der Waals surface area contributed by atoms with Crippen molar-refractivity contribution in [1.82, 2.24) is 0 Å². The first-order chi connectivity index (χ1) is 14.4. The van der Waals surface area contributed by atoms with Crippen LogP contribution in [0.25, 0.3) is 0 Å². The predicted molar refractivity (Wildman–Crippen MR) is 117 cm³/mol. The molecule has 1 aromatic carbocycles. The molecule has 2 saturated carbocycles. The molecule has 5 rings (SSSR count). The zero-order valence-electron chi connectivity index (χ0n) is 17.9. The Morgan fingerprint density at radius 3 is 2.63 bits per heavy atom. The Labute approximate surface area is 179 Å². The number of carbonyl (C=O) groups is 1. The zero-order chi connectivity index (χ0) is 21.1. The van der Waals surface area contributed by atoms with Gasteiger partial charge in [-0.2, -0.15) is 0 Å². The minimum atomic E-state index is -1.04. The van der Waals surface area contributed by atoms with Gasteiger partial charge in [-0.3, -0.25) is 4.79 Å². The van der Waals surface area contributed by atoms with Crippen LogP contribution in [0.15, 0.2) is 47.1 Å². The molecular weight excluding hydrogens is 372 g/mol. The van der Waals surface area contributed by atoms with Gasteiger partial charge in [0.25, 0.3) is 0 Å². The molecule has 4 aliphatic rings. The average Bonchev–Trinajstić information content (AvgIpc) is 3.04. The highest BCUT2D eigenvalue weighted by Gasteiger charge is 2.62. The number of allylic oxidation sites excluding steroid dienone is 4. The van der Waals surface area contributed by atoms with E-state index in [4.69, 9.17) is 11.2 Å². The fourth-order valence-corrected chi connectivity index (χ4v) is 7.04. The summed E-state index contributed by atoms with van der Waals surface area (Å²) >= 11 is 0. The van der Waals surface area contributed by atoms with Crippen LogP contribution in [0.1, 0.15) is 63.4 Å². The number of aliphatic hydroxyl groups is 1. The molecule has 0 heterocycles. The van der Waals surface area contributed by atoms with E-state index in [0.29, 0.717) is 24.7 Å². The summed E-state index contributed by atoms with van der Waals surface area (Å²) in [6.45, 7) is 2.22. The molecule has 3 heteroatoms. The molecule has 0 spiro atoms. The van der Waals surface area contributed by atoms with E-state index in [9.17, 15) is 9.90 Å². The normalized spacial score (nSPS) is 37.6. The summed E-state index contributed by atoms with van der Waals surface area (Å²) in [6.07, 6.45) is 13.8. The van der Waals surface area contributed by atoms with Crippen molar-refractivity contribution in [1.29, 1.82) is 0 Å². The maximum Gasteiger partial charge on any atom is 0.156 e. The maximum atomic E-state index is 12.1. The molecule has 1 aromatic rings. The molecule has 3 nitrogen and oxygen atoms in total. The molecule has 0 aromatic heterocycles. The van der Waals surface area contributed by atoms with Crippen LogP contribution in [-0.4, -0.2) is 23.6 Å². The fraction of sp³-hybridized carbons (Fsp3) is 0.519. The van der Waals surface area contributed by atoms with Crippen LogP contribution in [-0.2, 0) is 4.79 Å². The molecule has 30 heavy (non-hydrogen) atoms. The Morgan fingerprint density at radius 1 is 1.17 bits per heavy atom. The van der Waals surface area contributed by atoms with Gasteiger partial charge in [-0.1, -0.05) is 30.6 Å². The first-order valence-corrected chi connectivity index (χ1v) is 11.2. The van der Waals surface area contributed by atoms with Gasteiger partial charge < -0.3 is 9.84 Å². The first kappa shape index (κ1) is 19.6. The molecule has 2 fully saturated rings. The number of ketones is 1. The third-order valence-electron chi connectivity index (χ3n) is 8.64. The third kappa shape index (κ3) is 2.66. The van der Waals surface area contributed by atoms with Crippen molar-refractivity contribution in [2.24, 2.45) is 17.3 Å². The van der Waals surface area contributed by atoms with Gasteiger partial charge in [-0.05, 0) is 85.3 Å². The summed E-state index contributed by atoms with van der Waals surface area (Å²) in [7, 11) is 1.69. The van der Waals surface area contributed by atoms with E-state index in [-0.39, 0.29) is 17.1 Å². The van der Waals surface area contributed by atoms with Gasteiger partial charge in [0.15, 0.2) is 5.78 Å². The number of carbonyl (C=O) groups excluding carboxylic acids is 1. The van der Waals surface area contributed by atoms with E-state index in [1.54, 1.807) is 7.11 Å². The van der Waals surface area contributed by atoms with Crippen LogP contribution >= 0.6 is 0 Å². The van der Waals surface area contributed by atoms with Crippen LogP contribution < -0.4 is 4.74 Å². The molecular formula is C27H30O3. The molecule has 5 atom stereocenters. The van der Waals surface area contributed by atoms with Crippen LogP contribution in [0.2, 0.25) is 0 Å². The Bertz CT molecular complexity index is 992. The minimum absolute atomic E-state index is 0.215. The lowest BCUT2D eigenvalue weighted by Gasteiger charge is -2.53. The molecule has 0 bridgehead atoms. The highest BCUT2D eigenvalue weighted by molar-refractivity contribution is 5.93. The molecule has 0 radical (unpaired) electrons. The fourth-order valence-electron chi connectivity index (χ4n) is 7.04. The maximum absolute atomic E-state index is 12.1. The van der Waals surface area contributed by atoms with E-state index in [1.165, 1.54) is 22.3 Å². The van der Waals surface area contributed by atoms with Crippen LogP contribution in [0.5, 0.6) is 5.75 Å². The van der Waals surface area contributed by atoms with E-state index in [0.717, 1.165) is 37.9 Å². The Balaban J connectivity index is 1.68. The Kier molecular flexibility index (Phi) is 4.49. The highest BCUT2D eigenvalue weighted by Crippen LogP contribution is 2.66. The minimum Gasteiger partial charge on any atom is -0.497 e. The lowest BCUT2D eigenvalue weighted by molar-refractivity contribution is -0.114. The number of benzene rings is 1. The summed E-state index contributed by atoms with van der Waals surface area (Å²) < 4.78 is 5.38. The van der Waals surface area contributed by atoms with Crippen LogP contribution in [0.4, 0.5) is 0 Å². The highest BCUT2D eigenvalue weighted by atomic mass is 16.5. The van der Waals surface area contributed by atoms with Gasteiger partial charge in [-0.15, -0.1) is 6.42 Å². The number of terminal acetylenes is 1. The average molecular weight is 403 g/mol. The van der Waals surface area contributed by atoms with Crippen molar-refractivity contribution in [2.75, 3.05) is 7.11 Å². The van der Waals surface area contributed by atoms with Crippen molar-refractivity contribution in [3.63, 3.8) is 0 Å².